The second-order valence-electron chi connectivity index (χ2n) is 6.55. The van der Waals surface area contributed by atoms with E-state index in [1.807, 2.05) is 36.4 Å². The summed E-state index contributed by atoms with van der Waals surface area (Å²) in [6.07, 6.45) is 1.52. The van der Waals surface area contributed by atoms with Crippen molar-refractivity contribution in [2.75, 3.05) is 12.9 Å². The normalized spacial score (nSPS) is 18.6. The minimum Gasteiger partial charge on any atom is -0.496 e. The minimum absolute atomic E-state index is 0.311. The topological polar surface area (TPSA) is 80.0 Å². The van der Waals surface area contributed by atoms with Crippen molar-refractivity contribution in [3.8, 4) is 16.9 Å². The lowest BCUT2D eigenvalue weighted by atomic mass is 10.0. The maximum absolute atomic E-state index is 13.2. The Morgan fingerprint density at radius 1 is 1.10 bits per heavy atom. The van der Waals surface area contributed by atoms with E-state index >= 15 is 0 Å². The van der Waals surface area contributed by atoms with E-state index in [4.69, 9.17) is 9.15 Å². The zero-order valence-electron chi connectivity index (χ0n) is 15.6. The van der Waals surface area contributed by atoms with Gasteiger partial charge in [0, 0.05) is 16.9 Å². The van der Waals surface area contributed by atoms with E-state index < -0.39 is 17.4 Å². The molecule has 0 aliphatic carbocycles. The average molecular weight is 409 g/mol. The van der Waals surface area contributed by atoms with E-state index in [1.54, 1.807) is 31.4 Å². The summed E-state index contributed by atoms with van der Waals surface area (Å²) in [5.41, 5.74) is 2.25. The quantitative estimate of drug-likeness (QED) is 0.677. The van der Waals surface area contributed by atoms with Gasteiger partial charge in [0.25, 0.3) is 5.91 Å². The van der Waals surface area contributed by atoms with Crippen LogP contribution in [0.4, 0.5) is 0 Å². The second kappa shape index (κ2) is 8.05. The lowest BCUT2D eigenvalue weighted by Gasteiger charge is -2.26. The highest BCUT2D eigenvalue weighted by molar-refractivity contribution is 7.99. The molecule has 148 valence electrons. The molecule has 0 radical (unpaired) electrons. The summed E-state index contributed by atoms with van der Waals surface area (Å²) in [4.78, 5) is 26.3. The van der Waals surface area contributed by atoms with Crippen LogP contribution in [0, 0.1) is 0 Å². The van der Waals surface area contributed by atoms with Gasteiger partial charge in [-0.05, 0) is 35.9 Å². The maximum atomic E-state index is 13.2. The molecule has 1 amide bonds. The number of amides is 1. The number of carbonyl (C=O) groups excluding carboxylic acids is 1. The minimum atomic E-state index is -1.02. The molecule has 2 heterocycles. The van der Waals surface area contributed by atoms with E-state index in [-0.39, 0.29) is 5.91 Å². The van der Waals surface area contributed by atoms with Crippen LogP contribution < -0.4 is 4.74 Å². The summed E-state index contributed by atoms with van der Waals surface area (Å²) in [5.74, 6) is 0.260. The molecule has 2 aromatic carbocycles. The van der Waals surface area contributed by atoms with Gasteiger partial charge in [0.15, 0.2) is 0 Å². The van der Waals surface area contributed by atoms with Gasteiger partial charge in [0.2, 0.25) is 0 Å². The number of carbonyl (C=O) groups is 2. The molecule has 1 aliphatic heterocycles. The van der Waals surface area contributed by atoms with Gasteiger partial charge in [-0.1, -0.05) is 30.3 Å². The van der Waals surface area contributed by atoms with Crippen molar-refractivity contribution in [1.82, 2.24) is 4.90 Å². The Labute approximate surface area is 172 Å². The fourth-order valence-corrected chi connectivity index (χ4v) is 4.79. The zero-order valence-corrected chi connectivity index (χ0v) is 16.5. The number of methoxy groups -OCH3 is 1. The number of nitrogens with zero attached hydrogens (tertiary/aromatic N) is 1. The van der Waals surface area contributed by atoms with Gasteiger partial charge in [0.05, 0.1) is 13.4 Å². The number of carboxylic acids is 1. The van der Waals surface area contributed by atoms with Crippen molar-refractivity contribution < 1.29 is 23.8 Å². The highest BCUT2D eigenvalue weighted by Gasteiger charge is 2.43. The SMILES string of the molecule is COc1ccccc1-c1ccc(C(=O)N2[C@@H](c3ccco3)SC[C@H]2C(=O)O)cc1. The molecule has 0 unspecified atom stereocenters. The molecule has 1 fully saturated rings. The van der Waals surface area contributed by atoms with Crippen molar-refractivity contribution in [2.24, 2.45) is 0 Å². The second-order valence-corrected chi connectivity index (χ2v) is 7.66. The highest BCUT2D eigenvalue weighted by atomic mass is 32.2. The maximum Gasteiger partial charge on any atom is 0.327 e. The molecule has 1 aromatic heterocycles. The number of thioether (sulfide) groups is 1. The number of rotatable bonds is 5. The summed E-state index contributed by atoms with van der Waals surface area (Å²) in [6, 6.07) is 17.3. The number of aliphatic carboxylic acids is 1. The van der Waals surface area contributed by atoms with Crippen molar-refractivity contribution in [1.29, 1.82) is 0 Å². The van der Waals surface area contributed by atoms with Crippen LogP contribution in [-0.4, -0.2) is 40.8 Å². The fourth-order valence-electron chi connectivity index (χ4n) is 3.42. The Kier molecular flexibility index (Phi) is 5.31. The lowest BCUT2D eigenvalue weighted by molar-refractivity contribution is -0.141. The predicted octanol–water partition coefficient (Wildman–Crippen LogP) is 4.30. The molecule has 1 aliphatic rings. The van der Waals surface area contributed by atoms with E-state index in [0.29, 0.717) is 17.1 Å². The molecule has 6 nitrogen and oxygen atoms in total. The highest BCUT2D eigenvalue weighted by Crippen LogP contribution is 2.42. The third-order valence-electron chi connectivity index (χ3n) is 4.86. The first kappa shape index (κ1) is 19.1. The molecule has 3 aromatic rings. The average Bonchev–Trinajstić information content (AvgIpc) is 3.43. The summed E-state index contributed by atoms with van der Waals surface area (Å²) in [5, 5.41) is 9.13. The van der Waals surface area contributed by atoms with Crippen LogP contribution in [0.5, 0.6) is 5.75 Å². The third kappa shape index (κ3) is 3.61. The summed E-state index contributed by atoms with van der Waals surface area (Å²) in [7, 11) is 1.61. The summed E-state index contributed by atoms with van der Waals surface area (Å²) < 4.78 is 10.8. The van der Waals surface area contributed by atoms with Crippen molar-refractivity contribution >= 4 is 23.6 Å². The van der Waals surface area contributed by atoms with Crippen LogP contribution in [0.25, 0.3) is 11.1 Å². The fraction of sp³-hybridized carbons (Fsp3) is 0.182. The molecule has 2 atom stereocenters. The molecule has 0 bridgehead atoms. The van der Waals surface area contributed by atoms with Gasteiger partial charge in [-0.2, -0.15) is 0 Å². The first-order valence-corrected chi connectivity index (χ1v) is 10.1. The number of benzene rings is 2. The molecule has 1 saturated heterocycles. The van der Waals surface area contributed by atoms with Gasteiger partial charge < -0.3 is 19.2 Å². The zero-order chi connectivity index (χ0) is 20.4. The Morgan fingerprint density at radius 3 is 2.52 bits per heavy atom. The van der Waals surface area contributed by atoms with E-state index in [0.717, 1.165) is 16.9 Å². The van der Waals surface area contributed by atoms with Crippen molar-refractivity contribution in [3.63, 3.8) is 0 Å². The monoisotopic (exact) mass is 409 g/mol. The van der Waals surface area contributed by atoms with Gasteiger partial charge in [0.1, 0.15) is 22.9 Å². The Morgan fingerprint density at radius 2 is 1.86 bits per heavy atom. The summed E-state index contributed by atoms with van der Waals surface area (Å²) >= 11 is 1.39. The van der Waals surface area contributed by atoms with Crippen LogP contribution in [0.1, 0.15) is 21.5 Å². The largest absolute Gasteiger partial charge is 0.496 e. The standard InChI is InChI=1S/C22H19NO5S/c1-27-18-6-3-2-5-16(18)14-8-10-15(11-9-14)20(24)23-17(22(25)26)13-29-21(23)19-7-4-12-28-19/h2-12,17,21H,13H2,1H3,(H,25,26)/t17-,21+/m0/s1. The van der Waals surface area contributed by atoms with E-state index in [1.165, 1.54) is 22.9 Å². The van der Waals surface area contributed by atoms with E-state index in [9.17, 15) is 14.7 Å². The van der Waals surface area contributed by atoms with Crippen LogP contribution in [0.15, 0.2) is 71.3 Å². The van der Waals surface area contributed by atoms with Gasteiger partial charge >= 0.3 is 5.97 Å². The molecule has 29 heavy (non-hydrogen) atoms. The number of hydrogen-bond acceptors (Lipinski definition) is 5. The molecule has 7 heteroatoms. The first-order chi connectivity index (χ1) is 14.1. The van der Waals surface area contributed by atoms with Crippen LogP contribution in [0.2, 0.25) is 0 Å². The van der Waals surface area contributed by atoms with Gasteiger partial charge in [-0.15, -0.1) is 11.8 Å². The molecule has 0 saturated carbocycles. The van der Waals surface area contributed by atoms with Crippen molar-refractivity contribution in [2.45, 2.75) is 11.4 Å². The molecular formula is C22H19NO5S. The van der Waals surface area contributed by atoms with Crippen LogP contribution in [0.3, 0.4) is 0 Å². The smallest absolute Gasteiger partial charge is 0.327 e. The molecule has 4 rings (SSSR count). The third-order valence-corrected chi connectivity index (χ3v) is 6.14. The van der Waals surface area contributed by atoms with Crippen LogP contribution in [-0.2, 0) is 4.79 Å². The Hall–Kier alpha value is -3.19. The van der Waals surface area contributed by atoms with Crippen molar-refractivity contribution in [3.05, 3.63) is 78.3 Å². The number of para-hydroxylation sites is 1. The molecular weight excluding hydrogens is 390 g/mol. The molecule has 0 spiro atoms. The predicted molar refractivity (Wildman–Crippen MR) is 110 cm³/mol. The van der Waals surface area contributed by atoms with Gasteiger partial charge in [-0.3, -0.25) is 4.79 Å². The molecule has 1 N–H and O–H groups in total. The Balaban J connectivity index is 1.64. The van der Waals surface area contributed by atoms with E-state index in [2.05, 4.69) is 0 Å². The number of carboxylic acid groups (broad SMARTS) is 1. The van der Waals surface area contributed by atoms with Crippen LogP contribution >= 0.6 is 11.8 Å². The number of hydrogen-bond donors (Lipinski definition) is 1. The number of ether oxygens (including phenoxy) is 1. The summed E-state index contributed by atoms with van der Waals surface area (Å²) in [6.45, 7) is 0. The van der Waals surface area contributed by atoms with Gasteiger partial charge in [-0.25, -0.2) is 4.79 Å². The number of furan rings is 1. The Bertz CT molecular complexity index is 1020. The lowest BCUT2D eigenvalue weighted by Crippen LogP contribution is -2.42. The first-order valence-electron chi connectivity index (χ1n) is 9.04.